The van der Waals surface area contributed by atoms with Gasteiger partial charge in [0.1, 0.15) is 18.1 Å². The van der Waals surface area contributed by atoms with Gasteiger partial charge in [-0.3, -0.25) is 14.9 Å². The van der Waals surface area contributed by atoms with Crippen LogP contribution in [0.25, 0.3) is 22.0 Å². The highest BCUT2D eigenvalue weighted by molar-refractivity contribution is 5.79. The fourth-order valence-corrected chi connectivity index (χ4v) is 2.81. The van der Waals surface area contributed by atoms with Crippen molar-refractivity contribution in [2.24, 2.45) is 0 Å². The van der Waals surface area contributed by atoms with Gasteiger partial charge in [-0.1, -0.05) is 18.2 Å². The molecule has 0 radical (unpaired) electrons. The van der Waals surface area contributed by atoms with Gasteiger partial charge in [0.2, 0.25) is 5.43 Å². The molecule has 0 aliphatic heterocycles. The van der Waals surface area contributed by atoms with Crippen LogP contribution >= 0.6 is 0 Å². The highest BCUT2D eigenvalue weighted by atomic mass is 16.5. The molecule has 6 nitrogen and oxygen atoms in total. The first-order chi connectivity index (χ1) is 13.2. The van der Waals surface area contributed by atoms with Crippen molar-refractivity contribution in [2.45, 2.75) is 6.61 Å². The van der Waals surface area contributed by atoms with Gasteiger partial charge < -0.3 is 4.74 Å². The Kier molecular flexibility index (Phi) is 4.33. The summed E-state index contributed by atoms with van der Waals surface area (Å²) in [4.78, 5) is 17.0. The quantitative estimate of drug-likeness (QED) is 0.606. The van der Waals surface area contributed by atoms with E-state index in [0.717, 1.165) is 10.9 Å². The second-order valence-electron chi connectivity index (χ2n) is 5.91. The third-order valence-corrected chi connectivity index (χ3v) is 4.17. The number of H-pyrrole nitrogens is 1. The van der Waals surface area contributed by atoms with Crippen molar-refractivity contribution in [3.63, 3.8) is 0 Å². The number of nitrogens with one attached hydrogen (secondary N) is 1. The second kappa shape index (κ2) is 7.10. The molecule has 0 spiro atoms. The van der Waals surface area contributed by atoms with E-state index in [1.54, 1.807) is 30.5 Å². The number of aromatic amines is 1. The highest BCUT2D eigenvalue weighted by Crippen LogP contribution is 2.20. The van der Waals surface area contributed by atoms with Crippen LogP contribution < -0.4 is 10.2 Å². The third kappa shape index (κ3) is 3.39. The molecule has 4 aromatic rings. The molecule has 1 N–H and O–H groups in total. The third-order valence-electron chi connectivity index (χ3n) is 4.17. The Morgan fingerprint density at radius 1 is 1.11 bits per heavy atom. The van der Waals surface area contributed by atoms with Crippen LogP contribution in [-0.2, 0) is 6.61 Å². The summed E-state index contributed by atoms with van der Waals surface area (Å²) in [6, 6.07) is 18.3. The zero-order valence-corrected chi connectivity index (χ0v) is 14.2. The predicted molar refractivity (Wildman–Crippen MR) is 101 cm³/mol. The Morgan fingerprint density at radius 3 is 2.93 bits per heavy atom. The Morgan fingerprint density at radius 2 is 2.04 bits per heavy atom. The zero-order chi connectivity index (χ0) is 18.6. The van der Waals surface area contributed by atoms with Gasteiger partial charge in [-0.25, -0.2) is 0 Å². The minimum atomic E-state index is -0.230. The average molecular weight is 354 g/mol. The Balaban J connectivity index is 1.61. The standard InChI is InChI=1S/C21H14N4O2/c22-11-14-3-1-4-15(9-14)18-12-24-25-20(21(18)26)13-27-17-6-7-19-16(10-17)5-2-8-23-19/h1-10,12H,13H2,(H,24,26). The largest absolute Gasteiger partial charge is 0.487 e. The van der Waals surface area contributed by atoms with Crippen molar-refractivity contribution < 1.29 is 4.74 Å². The highest BCUT2D eigenvalue weighted by Gasteiger charge is 2.11. The molecule has 2 heterocycles. The lowest BCUT2D eigenvalue weighted by molar-refractivity contribution is 0.299. The molecule has 27 heavy (non-hydrogen) atoms. The molecule has 0 amide bonds. The predicted octanol–water partition coefficient (Wildman–Crippen LogP) is 3.44. The number of rotatable bonds is 4. The van der Waals surface area contributed by atoms with E-state index in [1.165, 1.54) is 6.20 Å². The van der Waals surface area contributed by atoms with Gasteiger partial charge in [0.15, 0.2) is 0 Å². The van der Waals surface area contributed by atoms with E-state index in [1.807, 2.05) is 30.3 Å². The van der Waals surface area contributed by atoms with Crippen molar-refractivity contribution in [2.75, 3.05) is 0 Å². The van der Waals surface area contributed by atoms with Crippen molar-refractivity contribution in [3.05, 3.63) is 88.5 Å². The van der Waals surface area contributed by atoms with E-state index >= 15 is 0 Å². The summed E-state index contributed by atoms with van der Waals surface area (Å²) in [5.74, 6) is 0.633. The van der Waals surface area contributed by atoms with Gasteiger partial charge in [0.05, 0.1) is 17.1 Å². The number of aromatic nitrogens is 3. The molecular weight excluding hydrogens is 340 g/mol. The van der Waals surface area contributed by atoms with Gasteiger partial charge in [-0.05, 0) is 42.0 Å². The first-order valence-electron chi connectivity index (χ1n) is 8.30. The Hall–Kier alpha value is -3.98. The van der Waals surface area contributed by atoms with Gasteiger partial charge in [-0.15, -0.1) is 0 Å². The summed E-state index contributed by atoms with van der Waals surface area (Å²) in [7, 11) is 0. The van der Waals surface area contributed by atoms with E-state index < -0.39 is 0 Å². The fraction of sp³-hybridized carbons (Fsp3) is 0.0476. The molecule has 0 unspecified atom stereocenters. The first kappa shape index (κ1) is 16.5. The molecule has 0 atom stereocenters. The van der Waals surface area contributed by atoms with Crippen LogP contribution in [0.15, 0.2) is 71.8 Å². The number of hydrogen-bond donors (Lipinski definition) is 1. The van der Waals surface area contributed by atoms with Crippen LogP contribution in [0.3, 0.4) is 0 Å². The van der Waals surface area contributed by atoms with Crippen LogP contribution in [0.4, 0.5) is 0 Å². The minimum Gasteiger partial charge on any atom is -0.487 e. The molecule has 2 aromatic carbocycles. The minimum absolute atomic E-state index is 0.0346. The number of fused-ring (bicyclic) bond motifs is 1. The summed E-state index contributed by atoms with van der Waals surface area (Å²) in [6.07, 6.45) is 3.27. The summed E-state index contributed by atoms with van der Waals surface area (Å²) < 4.78 is 5.75. The fourth-order valence-electron chi connectivity index (χ4n) is 2.81. The maximum Gasteiger partial charge on any atom is 0.214 e. The smallest absolute Gasteiger partial charge is 0.214 e. The van der Waals surface area contributed by atoms with Crippen LogP contribution in [0.5, 0.6) is 5.75 Å². The summed E-state index contributed by atoms with van der Waals surface area (Å²) >= 11 is 0. The number of benzene rings is 2. The molecule has 130 valence electrons. The average Bonchev–Trinajstić information content (AvgIpc) is 2.73. The van der Waals surface area contributed by atoms with E-state index in [-0.39, 0.29) is 17.7 Å². The number of nitrogens with zero attached hydrogens (tertiary/aromatic N) is 3. The molecule has 0 fully saturated rings. The Labute approximate surface area is 154 Å². The molecule has 4 rings (SSSR count). The van der Waals surface area contributed by atoms with E-state index in [4.69, 9.17) is 10.00 Å². The van der Waals surface area contributed by atoms with Crippen molar-refractivity contribution in [1.29, 1.82) is 5.26 Å². The lowest BCUT2D eigenvalue weighted by Gasteiger charge is -2.08. The Bertz CT molecular complexity index is 1220. The molecule has 6 heteroatoms. The lowest BCUT2D eigenvalue weighted by atomic mass is 10.0. The van der Waals surface area contributed by atoms with Crippen LogP contribution in [0.1, 0.15) is 11.3 Å². The zero-order valence-electron chi connectivity index (χ0n) is 14.2. The molecule has 0 bridgehead atoms. The molecule has 2 aromatic heterocycles. The monoisotopic (exact) mass is 354 g/mol. The second-order valence-corrected chi connectivity index (χ2v) is 5.91. The van der Waals surface area contributed by atoms with Crippen LogP contribution in [-0.4, -0.2) is 15.2 Å². The molecule has 0 aliphatic carbocycles. The van der Waals surface area contributed by atoms with Gasteiger partial charge in [0.25, 0.3) is 0 Å². The molecule has 0 saturated carbocycles. The van der Waals surface area contributed by atoms with Crippen LogP contribution in [0.2, 0.25) is 0 Å². The first-order valence-corrected chi connectivity index (χ1v) is 8.30. The number of hydrogen-bond acceptors (Lipinski definition) is 5. The normalized spacial score (nSPS) is 10.5. The van der Waals surface area contributed by atoms with Gasteiger partial charge in [0, 0.05) is 23.3 Å². The lowest BCUT2D eigenvalue weighted by Crippen LogP contribution is -2.17. The van der Waals surface area contributed by atoms with Gasteiger partial charge >= 0.3 is 0 Å². The van der Waals surface area contributed by atoms with Crippen molar-refractivity contribution in [1.82, 2.24) is 15.2 Å². The SMILES string of the molecule is N#Cc1cccc(-c2c[nH]nc(COc3ccc4ncccc4c3)c2=O)c1. The maximum atomic E-state index is 12.7. The maximum absolute atomic E-state index is 12.7. The number of ether oxygens (including phenoxy) is 1. The van der Waals surface area contributed by atoms with Crippen molar-refractivity contribution >= 4 is 10.9 Å². The van der Waals surface area contributed by atoms with Crippen molar-refractivity contribution in [3.8, 4) is 22.9 Å². The number of pyridine rings is 1. The number of nitriles is 1. The van der Waals surface area contributed by atoms with Crippen LogP contribution in [0, 0.1) is 11.3 Å². The van der Waals surface area contributed by atoms with E-state index in [9.17, 15) is 4.79 Å². The summed E-state index contributed by atoms with van der Waals surface area (Å²) in [5.41, 5.74) is 2.51. The van der Waals surface area contributed by atoms with Gasteiger partial charge in [-0.2, -0.15) is 10.4 Å². The summed E-state index contributed by atoms with van der Waals surface area (Å²) in [5, 5.41) is 16.8. The molecule has 0 saturated heterocycles. The van der Waals surface area contributed by atoms with E-state index in [0.29, 0.717) is 22.4 Å². The topological polar surface area (TPSA) is 91.7 Å². The molecule has 0 aliphatic rings. The molecular formula is C21H14N4O2. The summed E-state index contributed by atoms with van der Waals surface area (Å²) in [6.45, 7) is 0.0346. The van der Waals surface area contributed by atoms with E-state index in [2.05, 4.69) is 21.3 Å².